The molecular weight excluding hydrogens is 344 g/mol. The third-order valence-corrected chi connectivity index (χ3v) is 5.48. The van der Waals surface area contributed by atoms with Gasteiger partial charge in [-0.2, -0.15) is 0 Å². The predicted octanol–water partition coefficient (Wildman–Crippen LogP) is 2.21. The fourth-order valence-electron chi connectivity index (χ4n) is 4.07. The highest BCUT2D eigenvalue weighted by molar-refractivity contribution is 5.82. The maximum atomic E-state index is 12.4. The van der Waals surface area contributed by atoms with Crippen molar-refractivity contribution in [3.63, 3.8) is 0 Å². The number of nitrogens with one attached hydrogen (secondary N) is 2. The Hall–Kier alpha value is -2.08. The average molecular weight is 374 g/mol. The van der Waals surface area contributed by atoms with Crippen molar-refractivity contribution < 1.29 is 19.1 Å². The van der Waals surface area contributed by atoms with Crippen LogP contribution in [0.3, 0.4) is 0 Å². The number of carbonyl (C=O) groups is 2. The van der Waals surface area contributed by atoms with Crippen molar-refractivity contribution in [3.8, 4) is 5.75 Å². The molecule has 0 spiro atoms. The summed E-state index contributed by atoms with van der Waals surface area (Å²) in [5, 5.41) is 6.57. The summed E-state index contributed by atoms with van der Waals surface area (Å²) in [5.74, 6) is 1.06. The van der Waals surface area contributed by atoms with E-state index in [0.717, 1.165) is 18.4 Å². The second-order valence-electron chi connectivity index (χ2n) is 7.38. The van der Waals surface area contributed by atoms with Crippen molar-refractivity contribution in [2.24, 2.45) is 5.92 Å². The van der Waals surface area contributed by atoms with Crippen LogP contribution in [0.2, 0.25) is 0 Å². The summed E-state index contributed by atoms with van der Waals surface area (Å²) < 4.78 is 10.2. The summed E-state index contributed by atoms with van der Waals surface area (Å²) >= 11 is 0. The van der Waals surface area contributed by atoms with E-state index in [2.05, 4.69) is 10.6 Å². The molecule has 1 aliphatic heterocycles. The highest BCUT2D eigenvalue weighted by atomic mass is 16.6. The zero-order chi connectivity index (χ0) is 19.1. The van der Waals surface area contributed by atoms with E-state index in [-0.39, 0.29) is 24.5 Å². The quantitative estimate of drug-likeness (QED) is 0.682. The molecule has 1 aliphatic carbocycles. The first-order valence-electron chi connectivity index (χ1n) is 10.1. The van der Waals surface area contributed by atoms with Crippen LogP contribution in [0.1, 0.15) is 44.6 Å². The summed E-state index contributed by atoms with van der Waals surface area (Å²) in [4.78, 5) is 23.7. The van der Waals surface area contributed by atoms with Gasteiger partial charge in [-0.25, -0.2) is 4.79 Å². The molecule has 2 N–H and O–H groups in total. The Balaban J connectivity index is 1.36. The smallest absolute Gasteiger partial charge is 0.344 e. The molecule has 1 aromatic rings. The van der Waals surface area contributed by atoms with E-state index < -0.39 is 0 Å². The van der Waals surface area contributed by atoms with Crippen LogP contribution in [0.4, 0.5) is 0 Å². The number of hydrogen-bond acceptors (Lipinski definition) is 5. The van der Waals surface area contributed by atoms with Gasteiger partial charge in [-0.3, -0.25) is 4.79 Å². The molecule has 0 aromatic heterocycles. The Morgan fingerprint density at radius 2 is 1.96 bits per heavy atom. The van der Waals surface area contributed by atoms with Crippen molar-refractivity contribution in [1.82, 2.24) is 10.6 Å². The molecule has 3 unspecified atom stereocenters. The first-order chi connectivity index (χ1) is 13.2. The number of esters is 1. The zero-order valence-electron chi connectivity index (χ0n) is 16.0. The fourth-order valence-corrected chi connectivity index (χ4v) is 4.07. The maximum absolute atomic E-state index is 12.4. The van der Waals surface area contributed by atoms with E-state index in [1.807, 2.05) is 24.3 Å². The van der Waals surface area contributed by atoms with E-state index in [1.165, 1.54) is 25.7 Å². The van der Waals surface area contributed by atoms with Crippen molar-refractivity contribution in [2.45, 2.75) is 57.5 Å². The Bertz CT molecular complexity index is 618. The predicted molar refractivity (Wildman–Crippen MR) is 103 cm³/mol. The molecule has 2 aliphatic rings. The number of hydrogen-bond donors (Lipinski definition) is 2. The number of rotatable bonds is 8. The van der Waals surface area contributed by atoms with Crippen LogP contribution in [-0.4, -0.2) is 43.7 Å². The third-order valence-electron chi connectivity index (χ3n) is 5.48. The van der Waals surface area contributed by atoms with Gasteiger partial charge in [0.2, 0.25) is 5.91 Å². The van der Waals surface area contributed by atoms with Crippen LogP contribution < -0.4 is 15.4 Å². The molecule has 0 radical (unpaired) electrons. The minimum Gasteiger partial charge on any atom is -0.482 e. The lowest BCUT2D eigenvalue weighted by molar-refractivity contribution is -0.145. The molecule has 6 heteroatoms. The first kappa shape index (κ1) is 19.7. The van der Waals surface area contributed by atoms with Crippen LogP contribution in [0.15, 0.2) is 24.3 Å². The summed E-state index contributed by atoms with van der Waals surface area (Å²) in [7, 11) is 0. The van der Waals surface area contributed by atoms with Gasteiger partial charge in [-0.1, -0.05) is 25.0 Å². The molecule has 148 valence electrons. The largest absolute Gasteiger partial charge is 0.482 e. The zero-order valence-corrected chi connectivity index (χ0v) is 16.0. The van der Waals surface area contributed by atoms with Gasteiger partial charge in [0.15, 0.2) is 6.61 Å². The second kappa shape index (κ2) is 9.74. The van der Waals surface area contributed by atoms with Gasteiger partial charge in [0, 0.05) is 12.6 Å². The fraction of sp³-hybridized carbons (Fsp3) is 0.619. The molecule has 1 aromatic carbocycles. The van der Waals surface area contributed by atoms with E-state index in [4.69, 9.17) is 9.47 Å². The monoisotopic (exact) mass is 374 g/mol. The van der Waals surface area contributed by atoms with Gasteiger partial charge in [0.05, 0.1) is 12.6 Å². The molecule has 2 fully saturated rings. The lowest BCUT2D eigenvalue weighted by atomic mass is 9.85. The number of ether oxygens (including phenoxy) is 2. The Morgan fingerprint density at radius 3 is 2.70 bits per heavy atom. The summed E-state index contributed by atoms with van der Waals surface area (Å²) in [5.41, 5.74) is 1.12. The van der Waals surface area contributed by atoms with Crippen LogP contribution in [0.5, 0.6) is 5.75 Å². The Morgan fingerprint density at radius 1 is 1.19 bits per heavy atom. The molecule has 1 heterocycles. The topological polar surface area (TPSA) is 76.7 Å². The lowest BCUT2D eigenvalue weighted by Crippen LogP contribution is -2.43. The van der Waals surface area contributed by atoms with E-state index in [1.54, 1.807) is 6.92 Å². The lowest BCUT2D eigenvalue weighted by Gasteiger charge is -2.24. The number of fused-ring (bicyclic) bond motifs is 1. The summed E-state index contributed by atoms with van der Waals surface area (Å²) in [6, 6.07) is 8.08. The maximum Gasteiger partial charge on any atom is 0.344 e. The molecular formula is C21H30N2O4. The summed E-state index contributed by atoms with van der Waals surface area (Å²) in [6.45, 7) is 2.65. The van der Waals surface area contributed by atoms with Crippen LogP contribution in [-0.2, 0) is 20.7 Å². The van der Waals surface area contributed by atoms with Crippen molar-refractivity contribution >= 4 is 11.9 Å². The van der Waals surface area contributed by atoms with Crippen molar-refractivity contribution in [2.75, 3.05) is 19.8 Å². The minimum absolute atomic E-state index is 0.0308. The molecule has 3 atom stereocenters. The molecule has 0 bridgehead atoms. The Kier molecular flexibility index (Phi) is 7.10. The standard InChI is InChI=1S/C21H30N2O4/c1-2-26-20(24)14-27-17-9-7-15(8-10-17)11-12-22-21(25)19-13-16-5-3-4-6-18(16)23-19/h7-10,16,18-19,23H,2-6,11-14H2,1H3,(H,22,25). The molecule has 27 heavy (non-hydrogen) atoms. The highest BCUT2D eigenvalue weighted by Crippen LogP contribution is 2.33. The molecule has 1 saturated carbocycles. The van der Waals surface area contributed by atoms with E-state index >= 15 is 0 Å². The van der Waals surface area contributed by atoms with E-state index in [9.17, 15) is 9.59 Å². The van der Waals surface area contributed by atoms with E-state index in [0.29, 0.717) is 30.9 Å². The second-order valence-corrected chi connectivity index (χ2v) is 7.38. The van der Waals surface area contributed by atoms with Gasteiger partial charge in [0.1, 0.15) is 5.75 Å². The van der Waals surface area contributed by atoms with Gasteiger partial charge < -0.3 is 20.1 Å². The normalized spacial score (nSPS) is 24.1. The van der Waals surface area contributed by atoms with Crippen LogP contribution in [0.25, 0.3) is 0 Å². The number of carbonyl (C=O) groups excluding carboxylic acids is 2. The molecule has 1 amide bonds. The van der Waals surface area contributed by atoms with Crippen LogP contribution >= 0.6 is 0 Å². The first-order valence-corrected chi connectivity index (χ1v) is 10.1. The Labute approximate surface area is 161 Å². The van der Waals surface area contributed by atoms with Gasteiger partial charge in [-0.15, -0.1) is 0 Å². The molecule has 1 saturated heterocycles. The number of benzene rings is 1. The van der Waals surface area contributed by atoms with Crippen molar-refractivity contribution in [1.29, 1.82) is 0 Å². The third kappa shape index (κ3) is 5.70. The minimum atomic E-state index is -0.371. The van der Waals surface area contributed by atoms with Crippen LogP contribution in [0, 0.1) is 5.92 Å². The van der Waals surface area contributed by atoms with Gasteiger partial charge >= 0.3 is 5.97 Å². The van der Waals surface area contributed by atoms with Crippen molar-refractivity contribution in [3.05, 3.63) is 29.8 Å². The van der Waals surface area contributed by atoms with Gasteiger partial charge in [-0.05, 0) is 56.2 Å². The highest BCUT2D eigenvalue weighted by Gasteiger charge is 2.37. The van der Waals surface area contributed by atoms with Gasteiger partial charge in [0.25, 0.3) is 0 Å². The average Bonchev–Trinajstić information content (AvgIpc) is 3.12. The molecule has 3 rings (SSSR count). The summed E-state index contributed by atoms with van der Waals surface area (Å²) in [6.07, 6.45) is 6.79. The molecule has 6 nitrogen and oxygen atoms in total. The number of amides is 1. The SMILES string of the molecule is CCOC(=O)COc1ccc(CCNC(=O)C2CC3CCCCC3N2)cc1.